The van der Waals surface area contributed by atoms with E-state index >= 15 is 0 Å². The second kappa shape index (κ2) is 5.47. The summed E-state index contributed by atoms with van der Waals surface area (Å²) in [6.07, 6.45) is 1.15. The van der Waals surface area contributed by atoms with E-state index < -0.39 is 0 Å². The first-order valence-electron chi connectivity index (χ1n) is 5.89. The molecule has 0 saturated carbocycles. The molecular formula is C13H18N2OS. The van der Waals surface area contributed by atoms with Crippen LogP contribution in [0.3, 0.4) is 0 Å². The van der Waals surface area contributed by atoms with Crippen LogP contribution in [0.5, 0.6) is 0 Å². The van der Waals surface area contributed by atoms with E-state index in [9.17, 15) is 0 Å². The molecule has 0 amide bonds. The Bertz CT molecular complexity index is 414. The van der Waals surface area contributed by atoms with Crippen LogP contribution in [0.4, 0.5) is 5.69 Å². The van der Waals surface area contributed by atoms with Gasteiger partial charge < -0.3 is 15.8 Å². The summed E-state index contributed by atoms with van der Waals surface area (Å²) in [7, 11) is 0. The highest BCUT2D eigenvalue weighted by Gasteiger charge is 2.15. The van der Waals surface area contributed by atoms with Gasteiger partial charge in [0.05, 0.1) is 6.61 Å². The number of hydrogen-bond acceptors (Lipinski definition) is 3. The molecule has 1 unspecified atom stereocenters. The van der Waals surface area contributed by atoms with Gasteiger partial charge in [0.15, 0.2) is 0 Å². The fraction of sp³-hybridized carbons (Fsp3) is 0.462. The Hall–Kier alpha value is -1.13. The fourth-order valence-electron chi connectivity index (χ4n) is 2.06. The molecule has 4 heteroatoms. The molecule has 1 aliphatic heterocycles. The number of rotatable bonds is 4. The summed E-state index contributed by atoms with van der Waals surface area (Å²) < 4.78 is 5.35. The Balaban J connectivity index is 1.97. The normalized spacial score (nSPS) is 19.2. The van der Waals surface area contributed by atoms with Crippen molar-refractivity contribution in [3.8, 4) is 0 Å². The van der Waals surface area contributed by atoms with Gasteiger partial charge in [-0.2, -0.15) is 0 Å². The van der Waals surface area contributed by atoms with Crippen molar-refractivity contribution in [1.29, 1.82) is 0 Å². The van der Waals surface area contributed by atoms with E-state index in [0.717, 1.165) is 43.0 Å². The number of aryl methyl sites for hydroxylation is 1. The lowest BCUT2D eigenvalue weighted by Gasteiger charge is -2.12. The van der Waals surface area contributed by atoms with Gasteiger partial charge in [-0.25, -0.2) is 0 Å². The highest BCUT2D eigenvalue weighted by molar-refractivity contribution is 7.80. The molecule has 0 aliphatic carbocycles. The highest BCUT2D eigenvalue weighted by Crippen LogP contribution is 2.17. The highest BCUT2D eigenvalue weighted by atomic mass is 32.1. The lowest BCUT2D eigenvalue weighted by atomic mass is 10.1. The SMILES string of the molecule is Cc1cc(NCC2CCOC2)ccc1C(N)=S. The van der Waals surface area contributed by atoms with E-state index in [2.05, 4.69) is 11.4 Å². The number of benzene rings is 1. The number of thiocarbonyl (C=S) groups is 1. The molecule has 0 aromatic heterocycles. The molecule has 1 atom stereocenters. The lowest BCUT2D eigenvalue weighted by Crippen LogP contribution is -2.15. The first-order chi connectivity index (χ1) is 8.16. The number of ether oxygens (including phenoxy) is 1. The van der Waals surface area contributed by atoms with Crippen molar-refractivity contribution in [3.63, 3.8) is 0 Å². The van der Waals surface area contributed by atoms with Gasteiger partial charge in [0.2, 0.25) is 0 Å². The summed E-state index contributed by atoms with van der Waals surface area (Å²) in [6, 6.07) is 6.09. The Morgan fingerprint density at radius 2 is 2.41 bits per heavy atom. The maximum atomic E-state index is 5.63. The standard InChI is InChI=1S/C13H18N2OS/c1-9-6-11(2-3-12(9)13(14)17)15-7-10-4-5-16-8-10/h2-3,6,10,15H,4-5,7-8H2,1H3,(H2,14,17). The third-order valence-corrected chi connectivity index (χ3v) is 3.33. The largest absolute Gasteiger partial charge is 0.389 e. The van der Waals surface area contributed by atoms with Crippen LogP contribution < -0.4 is 11.1 Å². The van der Waals surface area contributed by atoms with E-state index in [1.807, 2.05) is 19.1 Å². The fourth-order valence-corrected chi connectivity index (χ4v) is 2.29. The first-order valence-corrected chi connectivity index (χ1v) is 6.29. The van der Waals surface area contributed by atoms with Crippen LogP contribution in [0.25, 0.3) is 0 Å². The van der Waals surface area contributed by atoms with Gasteiger partial charge in [-0.3, -0.25) is 0 Å². The number of nitrogens with two attached hydrogens (primary N) is 1. The average molecular weight is 250 g/mol. The van der Waals surface area contributed by atoms with Crippen LogP contribution in [0, 0.1) is 12.8 Å². The summed E-state index contributed by atoms with van der Waals surface area (Å²) in [6.45, 7) is 4.76. The number of anilines is 1. The maximum absolute atomic E-state index is 5.63. The van der Waals surface area contributed by atoms with Crippen molar-refractivity contribution in [3.05, 3.63) is 29.3 Å². The minimum absolute atomic E-state index is 0.457. The molecule has 17 heavy (non-hydrogen) atoms. The zero-order valence-corrected chi connectivity index (χ0v) is 10.8. The Morgan fingerprint density at radius 3 is 3.00 bits per heavy atom. The topological polar surface area (TPSA) is 47.3 Å². The third-order valence-electron chi connectivity index (χ3n) is 3.11. The minimum Gasteiger partial charge on any atom is -0.389 e. The molecule has 1 aromatic rings. The van der Waals surface area contributed by atoms with Gasteiger partial charge in [-0.05, 0) is 37.1 Å². The molecule has 0 spiro atoms. The molecule has 1 heterocycles. The lowest BCUT2D eigenvalue weighted by molar-refractivity contribution is 0.187. The summed E-state index contributed by atoms with van der Waals surface area (Å²) in [4.78, 5) is 0.457. The molecule has 1 fully saturated rings. The van der Waals surface area contributed by atoms with Crippen LogP contribution in [0.2, 0.25) is 0 Å². The van der Waals surface area contributed by atoms with Crippen molar-refractivity contribution >= 4 is 22.9 Å². The monoisotopic (exact) mass is 250 g/mol. The molecule has 3 N–H and O–H groups in total. The molecule has 0 radical (unpaired) electrons. The van der Waals surface area contributed by atoms with Crippen LogP contribution in [-0.4, -0.2) is 24.7 Å². The smallest absolute Gasteiger partial charge is 0.104 e. The van der Waals surface area contributed by atoms with Gasteiger partial charge in [-0.1, -0.05) is 12.2 Å². The Morgan fingerprint density at radius 1 is 1.59 bits per heavy atom. The van der Waals surface area contributed by atoms with Crippen molar-refractivity contribution in [2.45, 2.75) is 13.3 Å². The number of hydrogen-bond donors (Lipinski definition) is 2. The van der Waals surface area contributed by atoms with Crippen molar-refractivity contribution in [1.82, 2.24) is 0 Å². The Kier molecular flexibility index (Phi) is 3.97. The van der Waals surface area contributed by atoms with E-state index in [-0.39, 0.29) is 0 Å². The van der Waals surface area contributed by atoms with Gasteiger partial charge in [0.25, 0.3) is 0 Å². The molecule has 1 aromatic carbocycles. The third kappa shape index (κ3) is 3.17. The average Bonchev–Trinajstić information content (AvgIpc) is 2.78. The molecular weight excluding hydrogens is 232 g/mol. The van der Waals surface area contributed by atoms with Gasteiger partial charge in [-0.15, -0.1) is 0 Å². The second-order valence-electron chi connectivity index (χ2n) is 4.50. The molecule has 0 bridgehead atoms. The molecule has 92 valence electrons. The van der Waals surface area contributed by atoms with Crippen molar-refractivity contribution < 1.29 is 4.74 Å². The van der Waals surface area contributed by atoms with Crippen LogP contribution in [0.15, 0.2) is 18.2 Å². The maximum Gasteiger partial charge on any atom is 0.104 e. The number of nitrogens with one attached hydrogen (secondary N) is 1. The first kappa shape index (κ1) is 12.3. The van der Waals surface area contributed by atoms with Crippen LogP contribution in [-0.2, 0) is 4.74 Å². The molecule has 1 saturated heterocycles. The molecule has 3 nitrogen and oxygen atoms in total. The van der Waals surface area contributed by atoms with E-state index in [4.69, 9.17) is 22.7 Å². The van der Waals surface area contributed by atoms with Crippen molar-refractivity contribution in [2.24, 2.45) is 11.7 Å². The zero-order chi connectivity index (χ0) is 12.3. The second-order valence-corrected chi connectivity index (χ2v) is 4.94. The quantitative estimate of drug-likeness (QED) is 0.803. The van der Waals surface area contributed by atoms with Crippen molar-refractivity contribution in [2.75, 3.05) is 25.1 Å². The van der Waals surface area contributed by atoms with Crippen LogP contribution >= 0.6 is 12.2 Å². The minimum atomic E-state index is 0.457. The summed E-state index contributed by atoms with van der Waals surface area (Å²) in [5.41, 5.74) is 8.82. The summed E-state index contributed by atoms with van der Waals surface area (Å²) in [5, 5.41) is 3.43. The predicted octanol–water partition coefficient (Wildman–Crippen LogP) is 2.08. The van der Waals surface area contributed by atoms with Crippen LogP contribution in [0.1, 0.15) is 17.5 Å². The zero-order valence-electron chi connectivity index (χ0n) is 10.0. The van der Waals surface area contributed by atoms with E-state index in [0.29, 0.717) is 10.9 Å². The molecule has 1 aliphatic rings. The summed E-state index contributed by atoms with van der Waals surface area (Å²) >= 11 is 4.99. The molecule has 2 rings (SSSR count). The van der Waals surface area contributed by atoms with Gasteiger partial charge in [0, 0.05) is 30.3 Å². The van der Waals surface area contributed by atoms with Gasteiger partial charge in [0.1, 0.15) is 4.99 Å². The summed E-state index contributed by atoms with van der Waals surface area (Å²) in [5.74, 6) is 0.630. The van der Waals surface area contributed by atoms with Gasteiger partial charge >= 0.3 is 0 Å². The van der Waals surface area contributed by atoms with E-state index in [1.54, 1.807) is 0 Å². The predicted molar refractivity (Wildman–Crippen MR) is 74.5 cm³/mol. The van der Waals surface area contributed by atoms with E-state index in [1.165, 1.54) is 0 Å². The Labute approximate surface area is 107 Å².